The zero-order chi connectivity index (χ0) is 12.7. The summed E-state index contributed by atoms with van der Waals surface area (Å²) in [5.74, 6) is 0.508. The van der Waals surface area contributed by atoms with Crippen LogP contribution in [0.5, 0.6) is 0 Å². The van der Waals surface area contributed by atoms with Crippen molar-refractivity contribution in [3.63, 3.8) is 0 Å². The maximum atomic E-state index is 10.6. The minimum Gasteiger partial charge on any atom is -0.370 e. The monoisotopic (exact) mass is 252 g/mol. The first-order valence-corrected chi connectivity index (χ1v) is 6.80. The molecule has 17 heavy (non-hydrogen) atoms. The van der Waals surface area contributed by atoms with Gasteiger partial charge in [0.25, 0.3) is 0 Å². The van der Waals surface area contributed by atoms with Gasteiger partial charge < -0.3 is 11.1 Å². The smallest absolute Gasteiger partial charge is 0.218 e. The first-order chi connectivity index (χ1) is 8.08. The molecule has 0 saturated heterocycles. The Bertz CT molecular complexity index is 349. The van der Waals surface area contributed by atoms with E-state index >= 15 is 0 Å². The molecule has 1 amide bonds. The number of rotatable bonds is 7. The third-order valence-corrected chi connectivity index (χ3v) is 3.27. The number of nitrogens with one attached hydrogen (secondary N) is 1. The summed E-state index contributed by atoms with van der Waals surface area (Å²) < 4.78 is 0. The highest BCUT2D eigenvalue weighted by Gasteiger charge is 1.99. The highest BCUT2D eigenvalue weighted by Crippen LogP contribution is 2.19. The zero-order valence-corrected chi connectivity index (χ0v) is 11.2. The number of carbonyl (C=O) groups excluding carboxylic acids is 1. The normalized spacial score (nSPS) is 10.8. The summed E-state index contributed by atoms with van der Waals surface area (Å²) in [5, 5.41) is 3.37. The molecule has 94 valence electrons. The van der Waals surface area contributed by atoms with Gasteiger partial charge in [-0.3, -0.25) is 4.79 Å². The molecule has 0 atom stereocenters. The van der Waals surface area contributed by atoms with E-state index in [-0.39, 0.29) is 5.91 Å². The summed E-state index contributed by atoms with van der Waals surface area (Å²) in [5.41, 5.74) is 6.36. The van der Waals surface area contributed by atoms with Crippen molar-refractivity contribution < 1.29 is 4.79 Å². The fourth-order valence-electron chi connectivity index (χ4n) is 1.29. The zero-order valence-electron chi connectivity index (χ0n) is 10.4. The first-order valence-electron chi connectivity index (χ1n) is 5.81. The van der Waals surface area contributed by atoms with E-state index in [9.17, 15) is 4.79 Å². The van der Waals surface area contributed by atoms with Gasteiger partial charge >= 0.3 is 0 Å². The summed E-state index contributed by atoms with van der Waals surface area (Å²) in [7, 11) is 0. The number of nitrogens with two attached hydrogens (primary N) is 1. The van der Waals surface area contributed by atoms with Crippen molar-refractivity contribution in [2.45, 2.75) is 37.8 Å². The van der Waals surface area contributed by atoms with Crippen molar-refractivity contribution >= 4 is 17.7 Å². The van der Waals surface area contributed by atoms with Gasteiger partial charge in [-0.1, -0.05) is 26.0 Å². The van der Waals surface area contributed by atoms with E-state index in [1.165, 1.54) is 10.5 Å². The second-order valence-electron chi connectivity index (χ2n) is 4.24. The molecule has 0 radical (unpaired) electrons. The van der Waals surface area contributed by atoms with Crippen molar-refractivity contribution in [2.75, 3.05) is 5.75 Å². The van der Waals surface area contributed by atoms with Crippen LogP contribution in [0.4, 0.5) is 0 Å². The lowest BCUT2D eigenvalue weighted by molar-refractivity contribution is -0.117. The molecule has 0 fully saturated rings. The SMILES string of the molecule is CC(C)NCc1ccc(SCCC(N)=O)cc1. The number of benzene rings is 1. The molecule has 0 heterocycles. The number of thioether (sulfide) groups is 1. The van der Waals surface area contributed by atoms with Crippen LogP contribution in [-0.4, -0.2) is 17.7 Å². The van der Waals surface area contributed by atoms with Crippen LogP contribution in [0.15, 0.2) is 29.2 Å². The minimum absolute atomic E-state index is 0.241. The molecule has 0 aromatic heterocycles. The Morgan fingerprint density at radius 2 is 2.00 bits per heavy atom. The molecule has 4 heteroatoms. The van der Waals surface area contributed by atoms with Crippen LogP contribution >= 0.6 is 11.8 Å². The average Bonchev–Trinajstić information content (AvgIpc) is 2.27. The van der Waals surface area contributed by atoms with E-state index < -0.39 is 0 Å². The molecule has 0 saturated carbocycles. The second kappa shape index (κ2) is 7.35. The summed E-state index contributed by atoms with van der Waals surface area (Å²) >= 11 is 1.66. The van der Waals surface area contributed by atoms with Crippen molar-refractivity contribution in [3.05, 3.63) is 29.8 Å². The van der Waals surface area contributed by atoms with E-state index in [0.29, 0.717) is 12.5 Å². The number of amides is 1. The molecule has 0 bridgehead atoms. The summed E-state index contributed by atoms with van der Waals surface area (Å²) in [6.07, 6.45) is 0.432. The van der Waals surface area contributed by atoms with E-state index in [0.717, 1.165) is 12.3 Å². The largest absolute Gasteiger partial charge is 0.370 e. The summed E-state index contributed by atoms with van der Waals surface area (Å²) in [6, 6.07) is 8.90. The number of carbonyl (C=O) groups is 1. The van der Waals surface area contributed by atoms with Crippen LogP contribution in [0.2, 0.25) is 0 Å². The standard InChI is InChI=1S/C13H20N2OS/c1-10(2)15-9-11-3-5-12(6-4-11)17-8-7-13(14)16/h3-6,10,15H,7-9H2,1-2H3,(H2,14,16). The van der Waals surface area contributed by atoms with Crippen LogP contribution in [-0.2, 0) is 11.3 Å². The predicted octanol–water partition coefficient (Wildman–Crippen LogP) is 2.15. The van der Waals surface area contributed by atoms with E-state index in [2.05, 4.69) is 43.4 Å². The summed E-state index contributed by atoms with van der Waals surface area (Å²) in [6.45, 7) is 5.16. The van der Waals surface area contributed by atoms with Gasteiger partial charge in [-0.15, -0.1) is 11.8 Å². The van der Waals surface area contributed by atoms with Crippen molar-refractivity contribution in [1.29, 1.82) is 0 Å². The van der Waals surface area contributed by atoms with Crippen LogP contribution < -0.4 is 11.1 Å². The van der Waals surface area contributed by atoms with Crippen LogP contribution in [0, 0.1) is 0 Å². The predicted molar refractivity (Wildman–Crippen MR) is 73.0 cm³/mol. The van der Waals surface area contributed by atoms with Crippen molar-refractivity contribution in [2.24, 2.45) is 5.73 Å². The Labute approximate surface area is 107 Å². The fourth-order valence-corrected chi connectivity index (χ4v) is 2.16. The highest BCUT2D eigenvalue weighted by molar-refractivity contribution is 7.99. The molecule has 0 aliphatic rings. The van der Waals surface area contributed by atoms with Crippen LogP contribution in [0.3, 0.4) is 0 Å². The molecular formula is C13H20N2OS. The lowest BCUT2D eigenvalue weighted by Crippen LogP contribution is -2.21. The minimum atomic E-state index is -0.241. The number of hydrogen-bond acceptors (Lipinski definition) is 3. The fraction of sp³-hybridized carbons (Fsp3) is 0.462. The van der Waals surface area contributed by atoms with E-state index in [1.54, 1.807) is 11.8 Å². The molecule has 1 aromatic rings. The average molecular weight is 252 g/mol. The van der Waals surface area contributed by atoms with Gasteiger partial charge in [-0.2, -0.15) is 0 Å². The van der Waals surface area contributed by atoms with Gasteiger partial charge in [0.05, 0.1) is 0 Å². The lowest BCUT2D eigenvalue weighted by atomic mass is 10.2. The Balaban J connectivity index is 2.36. The van der Waals surface area contributed by atoms with Gasteiger partial charge in [0.2, 0.25) is 5.91 Å². The maximum Gasteiger partial charge on any atom is 0.218 e. The highest BCUT2D eigenvalue weighted by atomic mass is 32.2. The molecule has 1 aromatic carbocycles. The quantitative estimate of drug-likeness (QED) is 0.731. The third-order valence-electron chi connectivity index (χ3n) is 2.25. The summed E-state index contributed by atoms with van der Waals surface area (Å²) in [4.78, 5) is 11.8. The Morgan fingerprint density at radius 1 is 1.35 bits per heavy atom. The van der Waals surface area contributed by atoms with Crippen molar-refractivity contribution in [1.82, 2.24) is 5.32 Å². The third kappa shape index (κ3) is 6.34. The molecule has 0 aliphatic carbocycles. The van der Waals surface area contributed by atoms with Gasteiger partial charge in [0, 0.05) is 29.7 Å². The van der Waals surface area contributed by atoms with E-state index in [4.69, 9.17) is 5.73 Å². The topological polar surface area (TPSA) is 55.1 Å². The lowest BCUT2D eigenvalue weighted by Gasteiger charge is -2.08. The molecule has 0 spiro atoms. The second-order valence-corrected chi connectivity index (χ2v) is 5.41. The molecule has 0 aliphatic heterocycles. The molecule has 3 N–H and O–H groups in total. The molecule has 1 rings (SSSR count). The molecule has 3 nitrogen and oxygen atoms in total. The van der Waals surface area contributed by atoms with E-state index in [1.807, 2.05) is 0 Å². The Kier molecular flexibility index (Phi) is 6.08. The van der Waals surface area contributed by atoms with Crippen molar-refractivity contribution in [3.8, 4) is 0 Å². The van der Waals surface area contributed by atoms with Gasteiger partial charge in [0.15, 0.2) is 0 Å². The first kappa shape index (κ1) is 14.1. The van der Waals surface area contributed by atoms with Gasteiger partial charge in [0.1, 0.15) is 0 Å². The Morgan fingerprint density at radius 3 is 2.53 bits per heavy atom. The Hall–Kier alpha value is -1.00. The number of primary amides is 1. The van der Waals surface area contributed by atoms with Gasteiger partial charge in [-0.05, 0) is 17.7 Å². The van der Waals surface area contributed by atoms with Gasteiger partial charge in [-0.25, -0.2) is 0 Å². The molecule has 0 unspecified atom stereocenters. The van der Waals surface area contributed by atoms with Crippen LogP contribution in [0.25, 0.3) is 0 Å². The number of hydrogen-bond donors (Lipinski definition) is 2. The molecular weight excluding hydrogens is 232 g/mol. The van der Waals surface area contributed by atoms with Crippen LogP contribution in [0.1, 0.15) is 25.8 Å². The maximum absolute atomic E-state index is 10.6.